The molecule has 30 heavy (non-hydrogen) atoms. The van der Waals surface area contributed by atoms with E-state index in [0.717, 1.165) is 56.7 Å². The van der Waals surface area contributed by atoms with Crippen LogP contribution in [0.3, 0.4) is 0 Å². The van der Waals surface area contributed by atoms with Gasteiger partial charge in [0.1, 0.15) is 0 Å². The topological polar surface area (TPSA) is 50.2 Å². The summed E-state index contributed by atoms with van der Waals surface area (Å²) < 4.78 is 1.90. The van der Waals surface area contributed by atoms with Crippen LogP contribution in [0, 0.1) is 19.8 Å². The molecule has 1 amide bonds. The first-order valence-electron chi connectivity index (χ1n) is 11.4. The van der Waals surface area contributed by atoms with Crippen molar-refractivity contribution < 1.29 is 4.79 Å². The summed E-state index contributed by atoms with van der Waals surface area (Å²) in [5, 5.41) is 7.73. The van der Waals surface area contributed by atoms with Crippen molar-refractivity contribution in [3.05, 3.63) is 52.3 Å². The molecule has 1 aromatic carbocycles. The number of nitrogens with one attached hydrogen (secondary N) is 1. The minimum Gasteiger partial charge on any atom is -0.352 e. The fourth-order valence-electron chi connectivity index (χ4n) is 4.54. The van der Waals surface area contributed by atoms with E-state index >= 15 is 0 Å². The Bertz CT molecular complexity index is 838. The number of aromatic nitrogens is 2. The van der Waals surface area contributed by atoms with E-state index in [2.05, 4.69) is 60.4 Å². The van der Waals surface area contributed by atoms with E-state index in [0.29, 0.717) is 12.3 Å². The van der Waals surface area contributed by atoms with Gasteiger partial charge in [0.05, 0.1) is 5.69 Å². The highest BCUT2D eigenvalue weighted by Gasteiger charge is 2.22. The number of piperidine rings is 1. The molecule has 5 nitrogen and oxygen atoms in total. The van der Waals surface area contributed by atoms with Crippen LogP contribution >= 0.6 is 0 Å². The number of aryl methyl sites for hydroxylation is 2. The van der Waals surface area contributed by atoms with Crippen molar-refractivity contribution in [2.24, 2.45) is 13.0 Å². The molecular formula is C25H38N4O. The number of rotatable bonds is 8. The zero-order valence-electron chi connectivity index (χ0n) is 19.4. The van der Waals surface area contributed by atoms with E-state index in [1.165, 1.54) is 16.7 Å². The van der Waals surface area contributed by atoms with Crippen LogP contribution in [-0.2, 0) is 31.2 Å². The molecule has 1 N–H and O–H groups in total. The van der Waals surface area contributed by atoms with Gasteiger partial charge in [0.25, 0.3) is 0 Å². The van der Waals surface area contributed by atoms with Crippen molar-refractivity contribution in [3.8, 4) is 0 Å². The number of hydrogen-bond donors (Lipinski definition) is 1. The van der Waals surface area contributed by atoms with Gasteiger partial charge in [-0.1, -0.05) is 38.1 Å². The number of likely N-dealkylation sites (tertiary alicyclic amines) is 1. The Hall–Kier alpha value is -2.14. The van der Waals surface area contributed by atoms with Crippen molar-refractivity contribution in [2.75, 3.05) is 13.1 Å². The summed E-state index contributed by atoms with van der Waals surface area (Å²) in [6.45, 7) is 11.6. The Morgan fingerprint density at radius 1 is 1.20 bits per heavy atom. The predicted molar refractivity (Wildman–Crippen MR) is 122 cm³/mol. The first-order chi connectivity index (χ1) is 14.3. The van der Waals surface area contributed by atoms with Crippen LogP contribution < -0.4 is 5.32 Å². The van der Waals surface area contributed by atoms with Crippen molar-refractivity contribution >= 4 is 5.91 Å². The quantitative estimate of drug-likeness (QED) is 0.717. The van der Waals surface area contributed by atoms with Crippen LogP contribution in [0.2, 0.25) is 0 Å². The van der Waals surface area contributed by atoms with E-state index in [1.807, 2.05) is 18.7 Å². The zero-order valence-corrected chi connectivity index (χ0v) is 19.4. The lowest BCUT2D eigenvalue weighted by atomic mass is 10.0. The van der Waals surface area contributed by atoms with Gasteiger partial charge in [-0.15, -0.1) is 0 Å². The molecule has 2 aromatic rings. The summed E-state index contributed by atoms with van der Waals surface area (Å²) in [6, 6.07) is 9.31. The summed E-state index contributed by atoms with van der Waals surface area (Å²) in [5.41, 5.74) is 6.17. The van der Waals surface area contributed by atoms with E-state index in [-0.39, 0.29) is 11.9 Å². The van der Waals surface area contributed by atoms with Gasteiger partial charge in [0.2, 0.25) is 5.91 Å². The molecule has 0 aliphatic carbocycles. The molecule has 1 unspecified atom stereocenters. The third-order valence-electron chi connectivity index (χ3n) is 6.20. The van der Waals surface area contributed by atoms with E-state index in [4.69, 9.17) is 0 Å². The maximum atomic E-state index is 12.5. The number of nitrogens with zero attached hydrogens (tertiary/aromatic N) is 3. The Balaban J connectivity index is 1.46. The van der Waals surface area contributed by atoms with Gasteiger partial charge in [0, 0.05) is 38.3 Å². The molecule has 3 rings (SSSR count). The minimum absolute atomic E-state index is 0.155. The highest BCUT2D eigenvalue weighted by atomic mass is 16.1. The summed E-state index contributed by atoms with van der Waals surface area (Å²) in [4.78, 5) is 15.0. The van der Waals surface area contributed by atoms with Crippen LogP contribution in [0.25, 0.3) is 0 Å². The molecule has 164 valence electrons. The Labute approximate surface area is 181 Å². The molecule has 0 bridgehead atoms. The molecule has 1 aromatic heterocycles. The lowest BCUT2D eigenvalue weighted by molar-refractivity contribution is -0.122. The molecule has 1 atom stereocenters. The van der Waals surface area contributed by atoms with Crippen LogP contribution in [0.4, 0.5) is 0 Å². The molecule has 0 spiro atoms. The lowest BCUT2D eigenvalue weighted by Crippen LogP contribution is -2.47. The third-order valence-corrected chi connectivity index (χ3v) is 6.20. The van der Waals surface area contributed by atoms with Gasteiger partial charge < -0.3 is 5.32 Å². The van der Waals surface area contributed by atoms with E-state index in [1.54, 1.807) is 0 Å². The van der Waals surface area contributed by atoms with Crippen molar-refractivity contribution in [1.82, 2.24) is 20.0 Å². The highest BCUT2D eigenvalue weighted by molar-refractivity contribution is 5.76. The normalized spacial score (nSPS) is 17.5. The second-order valence-corrected chi connectivity index (χ2v) is 9.33. The number of benzene rings is 1. The smallest absolute Gasteiger partial charge is 0.220 e. The molecule has 1 aliphatic heterocycles. The molecular weight excluding hydrogens is 372 g/mol. The summed E-state index contributed by atoms with van der Waals surface area (Å²) in [7, 11) is 1.96. The molecule has 0 radical (unpaired) electrons. The van der Waals surface area contributed by atoms with Gasteiger partial charge in [0.15, 0.2) is 0 Å². The monoisotopic (exact) mass is 410 g/mol. The maximum Gasteiger partial charge on any atom is 0.220 e. The summed E-state index contributed by atoms with van der Waals surface area (Å²) in [5.74, 6) is 0.843. The summed E-state index contributed by atoms with van der Waals surface area (Å²) in [6.07, 6.45) is 4.63. The third kappa shape index (κ3) is 6.18. The van der Waals surface area contributed by atoms with E-state index in [9.17, 15) is 4.79 Å². The van der Waals surface area contributed by atoms with Crippen LogP contribution in [0.5, 0.6) is 0 Å². The van der Waals surface area contributed by atoms with Crippen LogP contribution in [-0.4, -0.2) is 39.7 Å². The average molecular weight is 411 g/mol. The number of amides is 1. The Morgan fingerprint density at radius 2 is 1.90 bits per heavy atom. The fraction of sp³-hybridized carbons (Fsp3) is 0.600. The van der Waals surface area contributed by atoms with Crippen LogP contribution in [0.1, 0.15) is 61.2 Å². The van der Waals surface area contributed by atoms with Crippen LogP contribution in [0.15, 0.2) is 24.3 Å². The van der Waals surface area contributed by atoms with E-state index < -0.39 is 0 Å². The van der Waals surface area contributed by atoms with Crippen molar-refractivity contribution in [3.63, 3.8) is 0 Å². The highest BCUT2D eigenvalue weighted by Crippen LogP contribution is 2.17. The van der Waals surface area contributed by atoms with Crippen molar-refractivity contribution in [1.29, 1.82) is 0 Å². The van der Waals surface area contributed by atoms with Gasteiger partial charge in [-0.3, -0.25) is 14.4 Å². The van der Waals surface area contributed by atoms with Gasteiger partial charge >= 0.3 is 0 Å². The Morgan fingerprint density at radius 3 is 2.53 bits per heavy atom. The largest absolute Gasteiger partial charge is 0.352 e. The van der Waals surface area contributed by atoms with Gasteiger partial charge in [-0.25, -0.2) is 0 Å². The number of hydrogen-bond acceptors (Lipinski definition) is 3. The molecule has 1 aliphatic rings. The SMILES string of the molecule is Cc1nn(C)c(C)c1CCC(=O)NC1CCCN(Cc2ccc(CC(C)C)cc2)C1. The van der Waals surface area contributed by atoms with Gasteiger partial charge in [-0.05, 0) is 68.7 Å². The first-order valence-corrected chi connectivity index (χ1v) is 11.4. The number of carbonyl (C=O) groups is 1. The second-order valence-electron chi connectivity index (χ2n) is 9.33. The standard InChI is InChI=1S/C25H38N4O/c1-18(2)15-21-8-10-22(11-9-21)16-29-14-6-7-23(17-29)26-25(30)13-12-24-19(3)27-28(5)20(24)4/h8-11,18,23H,6-7,12-17H2,1-5H3,(H,26,30). The molecule has 5 heteroatoms. The molecule has 1 fully saturated rings. The van der Waals surface area contributed by atoms with Gasteiger partial charge in [-0.2, -0.15) is 5.10 Å². The predicted octanol–water partition coefficient (Wildman–Crippen LogP) is 3.95. The maximum absolute atomic E-state index is 12.5. The minimum atomic E-state index is 0.155. The average Bonchev–Trinajstić information content (AvgIpc) is 2.93. The lowest BCUT2D eigenvalue weighted by Gasteiger charge is -2.33. The molecule has 2 heterocycles. The number of carbonyl (C=O) groups excluding carboxylic acids is 1. The zero-order chi connectivity index (χ0) is 21.7. The fourth-order valence-corrected chi connectivity index (χ4v) is 4.54. The molecule has 0 saturated carbocycles. The van der Waals surface area contributed by atoms with Crippen molar-refractivity contribution in [2.45, 2.75) is 72.4 Å². The molecule has 1 saturated heterocycles. The Kier molecular flexibility index (Phi) is 7.70. The first kappa shape index (κ1) is 22.5. The second kappa shape index (κ2) is 10.3. The summed E-state index contributed by atoms with van der Waals surface area (Å²) >= 11 is 0.